The van der Waals surface area contributed by atoms with Crippen molar-refractivity contribution in [2.45, 2.75) is 6.92 Å². The lowest BCUT2D eigenvalue weighted by molar-refractivity contribution is -0.115. The van der Waals surface area contributed by atoms with Crippen LogP contribution in [-0.2, 0) is 4.79 Å². The van der Waals surface area contributed by atoms with E-state index in [9.17, 15) is 4.79 Å². The first-order valence-electron chi connectivity index (χ1n) is 7.85. The van der Waals surface area contributed by atoms with Crippen LogP contribution in [0.5, 0.6) is 11.5 Å². The summed E-state index contributed by atoms with van der Waals surface area (Å²) in [6.07, 6.45) is 1.79. The van der Waals surface area contributed by atoms with Gasteiger partial charge in [-0.3, -0.25) is 4.79 Å². The van der Waals surface area contributed by atoms with Gasteiger partial charge in [0.1, 0.15) is 0 Å². The van der Waals surface area contributed by atoms with E-state index in [2.05, 4.69) is 10.3 Å². The van der Waals surface area contributed by atoms with Gasteiger partial charge in [0.05, 0.1) is 24.3 Å². The van der Waals surface area contributed by atoms with Crippen molar-refractivity contribution in [3.05, 3.63) is 59.0 Å². The fourth-order valence-corrected chi connectivity index (χ4v) is 3.21. The number of amides is 1. The molecule has 25 heavy (non-hydrogen) atoms. The van der Waals surface area contributed by atoms with Gasteiger partial charge in [-0.1, -0.05) is 30.3 Å². The van der Waals surface area contributed by atoms with E-state index in [0.29, 0.717) is 28.2 Å². The second-order valence-electron chi connectivity index (χ2n) is 5.13. The summed E-state index contributed by atoms with van der Waals surface area (Å²) in [5.74, 6) is 1.09. The first kappa shape index (κ1) is 17.1. The number of thioether (sulfide) groups is 1. The highest BCUT2D eigenvalue weighted by atomic mass is 32.2. The van der Waals surface area contributed by atoms with E-state index in [4.69, 9.17) is 9.47 Å². The zero-order valence-electron chi connectivity index (χ0n) is 14.0. The zero-order chi connectivity index (χ0) is 17.6. The van der Waals surface area contributed by atoms with E-state index in [1.54, 1.807) is 13.2 Å². The van der Waals surface area contributed by atoms with Crippen molar-refractivity contribution in [2.24, 2.45) is 4.99 Å². The standard InChI is InChI=1S/C19H18N2O3S/c1-3-24-15-11-7-8-13(17(15)23-2)12-16-18(22)21-19(25-16)20-14-9-5-4-6-10-14/h4-12H,3H2,1-2H3,(H,20,21,22)/b16-12-. The summed E-state index contributed by atoms with van der Waals surface area (Å²) < 4.78 is 11.0. The van der Waals surface area contributed by atoms with Crippen molar-refractivity contribution in [3.63, 3.8) is 0 Å². The van der Waals surface area contributed by atoms with Crippen LogP contribution in [0.3, 0.4) is 0 Å². The Morgan fingerprint density at radius 3 is 2.68 bits per heavy atom. The number of para-hydroxylation sites is 2. The third kappa shape index (κ3) is 4.03. The smallest absolute Gasteiger partial charge is 0.264 e. The molecule has 0 atom stereocenters. The van der Waals surface area contributed by atoms with Gasteiger partial charge < -0.3 is 14.8 Å². The average molecular weight is 354 g/mol. The molecule has 0 radical (unpaired) electrons. The molecule has 2 aromatic carbocycles. The van der Waals surface area contributed by atoms with Gasteiger partial charge >= 0.3 is 0 Å². The Hall–Kier alpha value is -2.73. The minimum absolute atomic E-state index is 0.177. The lowest BCUT2D eigenvalue weighted by atomic mass is 10.1. The Morgan fingerprint density at radius 1 is 1.16 bits per heavy atom. The molecule has 1 saturated heterocycles. The zero-order valence-corrected chi connectivity index (χ0v) is 14.8. The molecule has 3 rings (SSSR count). The van der Waals surface area contributed by atoms with E-state index >= 15 is 0 Å². The predicted molar refractivity (Wildman–Crippen MR) is 101 cm³/mol. The fourth-order valence-electron chi connectivity index (χ4n) is 2.38. The van der Waals surface area contributed by atoms with Gasteiger partial charge in [-0.25, -0.2) is 4.99 Å². The van der Waals surface area contributed by atoms with E-state index < -0.39 is 0 Å². The molecule has 0 unspecified atom stereocenters. The van der Waals surface area contributed by atoms with Gasteiger partial charge in [0.25, 0.3) is 5.91 Å². The molecular formula is C19H18N2O3S. The number of hydrogen-bond donors (Lipinski definition) is 1. The van der Waals surface area contributed by atoms with E-state index in [-0.39, 0.29) is 5.91 Å². The number of hydrogen-bond acceptors (Lipinski definition) is 5. The maximum Gasteiger partial charge on any atom is 0.264 e. The second-order valence-corrected chi connectivity index (χ2v) is 6.16. The predicted octanol–water partition coefficient (Wildman–Crippen LogP) is 3.99. The summed E-state index contributed by atoms with van der Waals surface area (Å²) >= 11 is 1.30. The maximum absolute atomic E-state index is 12.2. The van der Waals surface area contributed by atoms with Crippen molar-refractivity contribution < 1.29 is 14.3 Å². The number of methoxy groups -OCH3 is 1. The molecule has 1 aliphatic rings. The van der Waals surface area contributed by atoms with Crippen molar-refractivity contribution >= 4 is 34.6 Å². The summed E-state index contributed by atoms with van der Waals surface area (Å²) in [5.41, 5.74) is 1.58. The molecule has 128 valence electrons. The number of benzene rings is 2. The SMILES string of the molecule is CCOc1cccc(/C=C2\SC(=Nc3ccccc3)NC2=O)c1OC. The normalized spacial score (nSPS) is 17.0. The van der Waals surface area contributed by atoms with Crippen LogP contribution in [0.25, 0.3) is 6.08 Å². The summed E-state index contributed by atoms with van der Waals surface area (Å²) in [4.78, 5) is 17.2. The summed E-state index contributed by atoms with van der Waals surface area (Å²) in [7, 11) is 1.59. The molecule has 1 N–H and O–H groups in total. The molecule has 2 aromatic rings. The highest BCUT2D eigenvalue weighted by Crippen LogP contribution is 2.35. The van der Waals surface area contributed by atoms with Crippen LogP contribution < -0.4 is 14.8 Å². The Bertz CT molecular complexity index is 832. The van der Waals surface area contributed by atoms with Gasteiger partial charge in [0, 0.05) is 5.56 Å². The van der Waals surface area contributed by atoms with Crippen LogP contribution in [0, 0.1) is 0 Å². The van der Waals surface area contributed by atoms with Gasteiger partial charge in [-0.2, -0.15) is 0 Å². The number of nitrogens with one attached hydrogen (secondary N) is 1. The molecule has 1 fully saturated rings. The molecule has 0 bridgehead atoms. The molecule has 0 aromatic heterocycles. The first-order valence-corrected chi connectivity index (χ1v) is 8.67. The number of carbonyl (C=O) groups excluding carboxylic acids is 1. The monoisotopic (exact) mass is 354 g/mol. The van der Waals surface area contributed by atoms with Crippen LogP contribution in [0.4, 0.5) is 5.69 Å². The first-order chi connectivity index (χ1) is 12.2. The molecule has 1 aliphatic heterocycles. The van der Waals surface area contributed by atoms with Crippen LogP contribution in [0.1, 0.15) is 12.5 Å². The van der Waals surface area contributed by atoms with Crippen molar-refractivity contribution in [2.75, 3.05) is 13.7 Å². The van der Waals surface area contributed by atoms with Crippen LogP contribution in [0.2, 0.25) is 0 Å². The minimum atomic E-state index is -0.177. The van der Waals surface area contributed by atoms with Crippen LogP contribution >= 0.6 is 11.8 Å². The number of aliphatic imine (C=N–C) groups is 1. The number of nitrogens with zero attached hydrogens (tertiary/aromatic N) is 1. The highest BCUT2D eigenvalue weighted by Gasteiger charge is 2.24. The van der Waals surface area contributed by atoms with Crippen molar-refractivity contribution in [1.82, 2.24) is 5.32 Å². The topological polar surface area (TPSA) is 59.9 Å². The van der Waals surface area contributed by atoms with Crippen molar-refractivity contribution in [1.29, 1.82) is 0 Å². The lowest BCUT2D eigenvalue weighted by Gasteiger charge is -2.11. The Balaban J connectivity index is 1.88. The average Bonchev–Trinajstić information content (AvgIpc) is 2.95. The van der Waals surface area contributed by atoms with E-state index in [1.165, 1.54) is 11.8 Å². The second kappa shape index (κ2) is 7.90. The van der Waals surface area contributed by atoms with Gasteiger partial charge in [0.2, 0.25) is 0 Å². The van der Waals surface area contributed by atoms with E-state index in [0.717, 1.165) is 11.3 Å². The van der Waals surface area contributed by atoms with Crippen LogP contribution in [0.15, 0.2) is 58.4 Å². The summed E-state index contributed by atoms with van der Waals surface area (Å²) in [5, 5.41) is 3.34. The Morgan fingerprint density at radius 2 is 1.96 bits per heavy atom. The minimum Gasteiger partial charge on any atom is -0.492 e. The quantitative estimate of drug-likeness (QED) is 0.825. The van der Waals surface area contributed by atoms with Crippen LogP contribution in [-0.4, -0.2) is 24.8 Å². The number of carbonyl (C=O) groups is 1. The fraction of sp³-hybridized carbons (Fsp3) is 0.158. The maximum atomic E-state index is 12.2. The van der Waals surface area contributed by atoms with Crippen molar-refractivity contribution in [3.8, 4) is 11.5 Å². The molecule has 5 nitrogen and oxygen atoms in total. The molecule has 6 heteroatoms. The summed E-state index contributed by atoms with van der Waals surface area (Å²) in [6, 6.07) is 15.1. The number of amidine groups is 1. The number of ether oxygens (including phenoxy) is 2. The Labute approximate surface area is 150 Å². The lowest BCUT2D eigenvalue weighted by Crippen LogP contribution is -2.19. The highest BCUT2D eigenvalue weighted by molar-refractivity contribution is 8.18. The van der Waals surface area contributed by atoms with Gasteiger partial charge in [-0.15, -0.1) is 0 Å². The summed E-state index contributed by atoms with van der Waals surface area (Å²) in [6.45, 7) is 2.46. The molecule has 0 spiro atoms. The van der Waals surface area contributed by atoms with Gasteiger partial charge in [0.15, 0.2) is 16.7 Å². The molecular weight excluding hydrogens is 336 g/mol. The molecule has 0 saturated carbocycles. The number of rotatable bonds is 5. The molecule has 1 amide bonds. The molecule has 0 aliphatic carbocycles. The largest absolute Gasteiger partial charge is 0.492 e. The van der Waals surface area contributed by atoms with Gasteiger partial charge in [-0.05, 0) is 43.0 Å². The Kier molecular flexibility index (Phi) is 5.40. The third-order valence-electron chi connectivity index (χ3n) is 3.44. The molecule has 1 heterocycles. The third-order valence-corrected chi connectivity index (χ3v) is 4.35. The van der Waals surface area contributed by atoms with E-state index in [1.807, 2.05) is 55.5 Å².